The van der Waals surface area contributed by atoms with Crippen molar-refractivity contribution >= 4 is 5.91 Å². The molecule has 0 aliphatic rings. The van der Waals surface area contributed by atoms with Crippen LogP contribution in [0.1, 0.15) is 32.9 Å². The number of hydrogen-bond acceptors (Lipinski definition) is 3. The van der Waals surface area contributed by atoms with Crippen molar-refractivity contribution in [2.45, 2.75) is 26.9 Å². The van der Waals surface area contributed by atoms with Crippen molar-refractivity contribution < 1.29 is 4.79 Å². The lowest BCUT2D eigenvalue weighted by molar-refractivity contribution is 0.1000. The molecule has 1 aromatic heterocycles. The van der Waals surface area contributed by atoms with E-state index in [4.69, 9.17) is 5.73 Å². The van der Waals surface area contributed by atoms with Gasteiger partial charge in [0.25, 0.3) is 0 Å². The highest BCUT2D eigenvalue weighted by Gasteiger charge is 2.06. The summed E-state index contributed by atoms with van der Waals surface area (Å²) in [7, 11) is 0. The van der Waals surface area contributed by atoms with E-state index in [9.17, 15) is 4.79 Å². The number of benzene rings is 1. The average molecular weight is 258 g/mol. The zero-order chi connectivity index (χ0) is 13.8. The number of nitrogens with two attached hydrogens (primary N) is 1. The average Bonchev–Trinajstić information content (AvgIpc) is 2.71. The normalized spacial score (nSPS) is 10.6. The number of nitrogens with one attached hydrogen (secondary N) is 2. The van der Waals surface area contributed by atoms with Crippen molar-refractivity contribution in [1.82, 2.24) is 15.5 Å². The summed E-state index contributed by atoms with van der Waals surface area (Å²) in [5, 5.41) is 10.5. The van der Waals surface area contributed by atoms with Crippen LogP contribution in [0.15, 0.2) is 24.3 Å². The van der Waals surface area contributed by atoms with Crippen LogP contribution < -0.4 is 11.1 Å². The highest BCUT2D eigenvalue weighted by atomic mass is 16.1. The minimum absolute atomic E-state index is 0.400. The molecule has 0 saturated heterocycles. The Kier molecular flexibility index (Phi) is 3.97. The number of carbonyl (C=O) groups is 1. The molecule has 19 heavy (non-hydrogen) atoms. The second kappa shape index (κ2) is 5.67. The highest BCUT2D eigenvalue weighted by Crippen LogP contribution is 2.09. The summed E-state index contributed by atoms with van der Waals surface area (Å²) in [6.07, 6.45) is 0. The van der Waals surface area contributed by atoms with Gasteiger partial charge in [0.2, 0.25) is 5.91 Å². The summed E-state index contributed by atoms with van der Waals surface area (Å²) >= 11 is 0. The summed E-state index contributed by atoms with van der Waals surface area (Å²) in [6.45, 7) is 5.42. The Bertz CT molecular complexity index is 569. The molecule has 1 heterocycles. The van der Waals surface area contributed by atoms with Crippen molar-refractivity contribution in [3.8, 4) is 0 Å². The van der Waals surface area contributed by atoms with E-state index in [2.05, 4.69) is 15.5 Å². The first kappa shape index (κ1) is 13.3. The van der Waals surface area contributed by atoms with Gasteiger partial charge in [0, 0.05) is 29.9 Å². The molecule has 0 aliphatic carbocycles. The molecule has 0 fully saturated rings. The molecule has 0 atom stereocenters. The van der Waals surface area contributed by atoms with Crippen LogP contribution in [0.25, 0.3) is 0 Å². The second-order valence-corrected chi connectivity index (χ2v) is 4.58. The number of carbonyl (C=O) groups excluding carboxylic acids is 1. The molecule has 5 nitrogen and oxygen atoms in total. The topological polar surface area (TPSA) is 83.8 Å². The molecule has 1 amide bonds. The third-order valence-electron chi connectivity index (χ3n) is 3.12. The van der Waals surface area contributed by atoms with Crippen molar-refractivity contribution in [2.24, 2.45) is 5.73 Å². The van der Waals surface area contributed by atoms with Crippen LogP contribution in [0.2, 0.25) is 0 Å². The molecule has 0 bridgehead atoms. The Labute approximate surface area is 112 Å². The van der Waals surface area contributed by atoms with Gasteiger partial charge >= 0.3 is 0 Å². The van der Waals surface area contributed by atoms with Gasteiger partial charge in [-0.2, -0.15) is 5.10 Å². The van der Waals surface area contributed by atoms with Gasteiger partial charge in [-0.1, -0.05) is 12.1 Å². The fraction of sp³-hybridized carbons (Fsp3) is 0.286. The molecule has 0 radical (unpaired) electrons. The van der Waals surface area contributed by atoms with E-state index in [-0.39, 0.29) is 0 Å². The van der Waals surface area contributed by atoms with Crippen LogP contribution >= 0.6 is 0 Å². The van der Waals surface area contributed by atoms with E-state index in [0.717, 1.165) is 23.5 Å². The van der Waals surface area contributed by atoms with Crippen LogP contribution in [0.3, 0.4) is 0 Å². The molecule has 1 aromatic carbocycles. The fourth-order valence-electron chi connectivity index (χ4n) is 2.00. The molecule has 0 saturated carbocycles. The van der Waals surface area contributed by atoms with Gasteiger partial charge in [-0.3, -0.25) is 9.89 Å². The lowest BCUT2D eigenvalue weighted by Crippen LogP contribution is -2.15. The van der Waals surface area contributed by atoms with Gasteiger partial charge in [0.15, 0.2) is 0 Å². The Balaban J connectivity index is 1.96. The highest BCUT2D eigenvalue weighted by molar-refractivity contribution is 5.92. The number of rotatable bonds is 5. The minimum atomic E-state index is -0.400. The number of aromatic amines is 1. The molecule has 100 valence electrons. The van der Waals surface area contributed by atoms with E-state index in [0.29, 0.717) is 12.1 Å². The van der Waals surface area contributed by atoms with Crippen molar-refractivity contribution in [3.05, 3.63) is 52.3 Å². The maximum atomic E-state index is 11.1. The molecular formula is C14H18N4O. The predicted octanol–water partition coefficient (Wildman–Crippen LogP) is 1.42. The van der Waals surface area contributed by atoms with Gasteiger partial charge in [0.1, 0.15) is 0 Å². The van der Waals surface area contributed by atoms with Crippen LogP contribution in [0.5, 0.6) is 0 Å². The predicted molar refractivity (Wildman–Crippen MR) is 73.6 cm³/mol. The van der Waals surface area contributed by atoms with Crippen molar-refractivity contribution in [1.29, 1.82) is 0 Å². The van der Waals surface area contributed by atoms with E-state index in [1.165, 1.54) is 5.56 Å². The number of hydrogen-bond donors (Lipinski definition) is 3. The van der Waals surface area contributed by atoms with Gasteiger partial charge in [0.05, 0.1) is 5.69 Å². The first-order valence-electron chi connectivity index (χ1n) is 6.18. The Morgan fingerprint density at radius 2 is 2.16 bits per heavy atom. The maximum absolute atomic E-state index is 11.1. The lowest BCUT2D eigenvalue weighted by atomic mass is 10.1. The van der Waals surface area contributed by atoms with E-state index in [1.54, 1.807) is 6.07 Å². The third kappa shape index (κ3) is 3.20. The number of H-pyrrole nitrogens is 1. The zero-order valence-corrected chi connectivity index (χ0v) is 11.2. The maximum Gasteiger partial charge on any atom is 0.248 e. The van der Waals surface area contributed by atoms with E-state index in [1.807, 2.05) is 32.0 Å². The molecule has 0 aliphatic heterocycles. The standard InChI is InChI=1S/C14H18N4O/c1-9-13(10(2)18-17-9)8-16-7-11-4-3-5-12(6-11)14(15)19/h3-6,16H,7-8H2,1-2H3,(H2,15,19)(H,17,18). The second-order valence-electron chi connectivity index (χ2n) is 4.58. The summed E-state index contributed by atoms with van der Waals surface area (Å²) in [6, 6.07) is 7.33. The molecule has 0 spiro atoms. The summed E-state index contributed by atoms with van der Waals surface area (Å²) in [5.41, 5.74) is 10.1. The lowest BCUT2D eigenvalue weighted by Gasteiger charge is -2.06. The SMILES string of the molecule is Cc1n[nH]c(C)c1CNCc1cccc(C(N)=O)c1. The summed E-state index contributed by atoms with van der Waals surface area (Å²) in [5.74, 6) is -0.400. The van der Waals surface area contributed by atoms with Gasteiger partial charge in [-0.25, -0.2) is 0 Å². The third-order valence-corrected chi connectivity index (χ3v) is 3.12. The van der Waals surface area contributed by atoms with E-state index >= 15 is 0 Å². The van der Waals surface area contributed by atoms with Crippen molar-refractivity contribution in [2.75, 3.05) is 0 Å². The minimum Gasteiger partial charge on any atom is -0.366 e. The fourth-order valence-corrected chi connectivity index (χ4v) is 2.00. The van der Waals surface area contributed by atoms with Crippen LogP contribution in [-0.2, 0) is 13.1 Å². The molecule has 0 unspecified atom stereocenters. The van der Waals surface area contributed by atoms with Gasteiger partial charge in [-0.15, -0.1) is 0 Å². The summed E-state index contributed by atoms with van der Waals surface area (Å²) < 4.78 is 0. The Morgan fingerprint density at radius 3 is 2.79 bits per heavy atom. The van der Waals surface area contributed by atoms with Gasteiger partial charge < -0.3 is 11.1 Å². The molecule has 2 aromatic rings. The van der Waals surface area contributed by atoms with Gasteiger partial charge in [-0.05, 0) is 31.5 Å². The number of primary amides is 1. The quantitative estimate of drug-likeness (QED) is 0.758. The number of aryl methyl sites for hydroxylation is 2. The Hall–Kier alpha value is -2.14. The first-order valence-corrected chi connectivity index (χ1v) is 6.18. The number of amides is 1. The molecule has 5 heteroatoms. The van der Waals surface area contributed by atoms with Crippen LogP contribution in [-0.4, -0.2) is 16.1 Å². The molecule has 4 N–H and O–H groups in total. The largest absolute Gasteiger partial charge is 0.366 e. The van der Waals surface area contributed by atoms with Crippen LogP contribution in [0.4, 0.5) is 0 Å². The first-order chi connectivity index (χ1) is 9.08. The Morgan fingerprint density at radius 1 is 1.37 bits per heavy atom. The van der Waals surface area contributed by atoms with Crippen molar-refractivity contribution in [3.63, 3.8) is 0 Å². The zero-order valence-electron chi connectivity index (χ0n) is 11.2. The smallest absolute Gasteiger partial charge is 0.248 e. The molecular weight excluding hydrogens is 240 g/mol. The number of nitrogens with zero attached hydrogens (tertiary/aromatic N) is 1. The summed E-state index contributed by atoms with van der Waals surface area (Å²) in [4.78, 5) is 11.1. The molecule has 2 rings (SSSR count). The van der Waals surface area contributed by atoms with Crippen LogP contribution in [0, 0.1) is 13.8 Å². The number of aromatic nitrogens is 2. The monoisotopic (exact) mass is 258 g/mol. The van der Waals surface area contributed by atoms with E-state index < -0.39 is 5.91 Å².